The van der Waals surface area contributed by atoms with E-state index >= 15 is 4.39 Å². The third kappa shape index (κ3) is 3.55. The van der Waals surface area contributed by atoms with Crippen LogP contribution in [0.4, 0.5) is 17.6 Å². The van der Waals surface area contributed by atoms with E-state index in [4.69, 9.17) is 16.9 Å². The average Bonchev–Trinajstić information content (AvgIpc) is 3.02. The van der Waals surface area contributed by atoms with Crippen molar-refractivity contribution in [3.63, 3.8) is 0 Å². The maximum atomic E-state index is 15.5. The Morgan fingerprint density at radius 3 is 2.73 bits per heavy atom. The minimum atomic E-state index is -4.90. The fourth-order valence-electron chi connectivity index (χ4n) is 2.67. The van der Waals surface area contributed by atoms with Gasteiger partial charge in [-0.05, 0) is 23.8 Å². The first-order chi connectivity index (χ1) is 12.2. The lowest BCUT2D eigenvalue weighted by Crippen LogP contribution is -2.23. The van der Waals surface area contributed by atoms with E-state index in [0.717, 1.165) is 12.1 Å². The Bertz CT molecular complexity index is 944. The summed E-state index contributed by atoms with van der Waals surface area (Å²) in [7, 11) is 0. The minimum Gasteiger partial charge on any atom is -0.405 e. The molecule has 0 saturated heterocycles. The number of hydrogen-bond donors (Lipinski definition) is 1. The summed E-state index contributed by atoms with van der Waals surface area (Å²) in [6, 6.07) is 7.05. The van der Waals surface area contributed by atoms with E-state index in [2.05, 4.69) is 20.1 Å². The monoisotopic (exact) mass is 384 g/mol. The molecule has 2 aromatic rings. The first kappa shape index (κ1) is 17.9. The fraction of sp³-hybridized carbons (Fsp3) is 0.188. The molecule has 1 aliphatic carbocycles. The van der Waals surface area contributed by atoms with Gasteiger partial charge in [0.2, 0.25) is 0 Å². The van der Waals surface area contributed by atoms with E-state index < -0.39 is 24.2 Å². The SMILES string of the molecule is N#Cc1[nH]nnc1C1(F)C=C(Cl)C=C(c2ccccc2OC(F)(F)F)C1. The molecule has 1 aliphatic rings. The van der Waals surface area contributed by atoms with Gasteiger partial charge in [0, 0.05) is 17.0 Å². The zero-order valence-electron chi connectivity index (χ0n) is 12.8. The number of hydrogen-bond acceptors (Lipinski definition) is 4. The normalized spacial score (nSPS) is 20.2. The van der Waals surface area contributed by atoms with Crippen LogP contribution in [0.2, 0.25) is 0 Å². The summed E-state index contributed by atoms with van der Waals surface area (Å²) in [5.74, 6) is -0.486. The second kappa shape index (κ2) is 6.46. The van der Waals surface area contributed by atoms with Crippen LogP contribution in [0.15, 0.2) is 41.4 Å². The summed E-state index contributed by atoms with van der Waals surface area (Å²) in [4.78, 5) is 0. The van der Waals surface area contributed by atoms with Crippen LogP contribution in [-0.4, -0.2) is 21.8 Å². The molecular weight excluding hydrogens is 376 g/mol. The van der Waals surface area contributed by atoms with Crippen LogP contribution in [-0.2, 0) is 5.67 Å². The Balaban J connectivity index is 2.04. The maximum Gasteiger partial charge on any atom is 0.573 e. The third-order valence-electron chi connectivity index (χ3n) is 3.64. The topological polar surface area (TPSA) is 74.6 Å². The van der Waals surface area contributed by atoms with Crippen LogP contribution in [0.5, 0.6) is 5.75 Å². The number of aromatic nitrogens is 3. The maximum absolute atomic E-state index is 15.5. The number of benzene rings is 1. The molecule has 1 aromatic heterocycles. The van der Waals surface area contributed by atoms with Crippen molar-refractivity contribution in [2.24, 2.45) is 0 Å². The molecule has 5 nitrogen and oxygen atoms in total. The molecule has 26 heavy (non-hydrogen) atoms. The molecular formula is C16H9ClF4N4O. The Kier molecular flexibility index (Phi) is 4.46. The highest BCUT2D eigenvalue weighted by Crippen LogP contribution is 2.45. The molecule has 3 rings (SSSR count). The zero-order valence-corrected chi connectivity index (χ0v) is 13.6. The van der Waals surface area contributed by atoms with Gasteiger partial charge in [-0.2, -0.15) is 5.26 Å². The first-order valence-electron chi connectivity index (χ1n) is 7.16. The van der Waals surface area contributed by atoms with Gasteiger partial charge in [-0.3, -0.25) is 0 Å². The van der Waals surface area contributed by atoms with Gasteiger partial charge in [-0.15, -0.1) is 18.3 Å². The van der Waals surface area contributed by atoms with Gasteiger partial charge in [-0.25, -0.2) is 9.49 Å². The Morgan fingerprint density at radius 1 is 1.31 bits per heavy atom. The molecule has 0 fully saturated rings. The van der Waals surface area contributed by atoms with E-state index in [1.165, 1.54) is 24.3 Å². The molecule has 0 aliphatic heterocycles. The summed E-state index contributed by atoms with van der Waals surface area (Å²) in [6.45, 7) is 0. The average molecular weight is 385 g/mol. The fourth-order valence-corrected chi connectivity index (χ4v) is 2.98. The number of halogens is 5. The van der Waals surface area contributed by atoms with E-state index in [9.17, 15) is 13.2 Å². The van der Waals surface area contributed by atoms with Crippen molar-refractivity contribution < 1.29 is 22.3 Å². The van der Waals surface area contributed by atoms with E-state index in [1.54, 1.807) is 6.07 Å². The van der Waals surface area contributed by atoms with Crippen molar-refractivity contribution in [1.82, 2.24) is 15.4 Å². The lowest BCUT2D eigenvalue weighted by Gasteiger charge is -2.26. The van der Waals surface area contributed by atoms with Gasteiger partial charge >= 0.3 is 6.36 Å². The second-order valence-electron chi connectivity index (χ2n) is 5.43. The Morgan fingerprint density at radius 2 is 2.04 bits per heavy atom. The van der Waals surface area contributed by atoms with E-state index in [-0.39, 0.29) is 27.6 Å². The highest BCUT2D eigenvalue weighted by molar-refractivity contribution is 6.32. The van der Waals surface area contributed by atoms with Gasteiger partial charge in [0.15, 0.2) is 11.4 Å². The molecule has 0 amide bonds. The number of nitriles is 1. The highest BCUT2D eigenvalue weighted by Gasteiger charge is 2.40. The quantitative estimate of drug-likeness (QED) is 0.798. The van der Waals surface area contributed by atoms with Crippen molar-refractivity contribution in [2.75, 3.05) is 0 Å². The highest BCUT2D eigenvalue weighted by atomic mass is 35.5. The number of rotatable bonds is 3. The lowest BCUT2D eigenvalue weighted by atomic mass is 9.84. The van der Waals surface area contributed by atoms with Crippen molar-refractivity contribution in [2.45, 2.75) is 18.5 Å². The van der Waals surface area contributed by atoms with Crippen LogP contribution in [0, 0.1) is 11.3 Å². The van der Waals surface area contributed by atoms with Crippen LogP contribution in [0.3, 0.4) is 0 Å². The number of H-pyrrole nitrogens is 1. The molecule has 0 saturated carbocycles. The Hall–Kier alpha value is -2.86. The summed E-state index contributed by atoms with van der Waals surface area (Å²) in [5, 5.41) is 18.2. The number of aromatic amines is 1. The number of ether oxygens (including phenoxy) is 1. The summed E-state index contributed by atoms with van der Waals surface area (Å²) < 4.78 is 57.4. The van der Waals surface area contributed by atoms with E-state index in [0.29, 0.717) is 0 Å². The van der Waals surface area contributed by atoms with Crippen molar-refractivity contribution >= 4 is 17.2 Å². The summed E-state index contributed by atoms with van der Waals surface area (Å²) >= 11 is 5.98. The molecule has 1 N–H and O–H groups in total. The molecule has 0 bridgehead atoms. The largest absolute Gasteiger partial charge is 0.573 e. The number of allylic oxidation sites excluding steroid dienone is 4. The van der Waals surface area contributed by atoms with Gasteiger partial charge in [0.25, 0.3) is 0 Å². The molecule has 134 valence electrons. The van der Waals surface area contributed by atoms with Gasteiger partial charge in [0.05, 0.1) is 0 Å². The zero-order chi connectivity index (χ0) is 18.9. The second-order valence-corrected chi connectivity index (χ2v) is 5.87. The van der Waals surface area contributed by atoms with Crippen molar-refractivity contribution in [3.05, 3.63) is 58.4 Å². The number of alkyl halides is 4. The standard InChI is InChI=1S/C16H9ClF4N4O/c17-10-5-9(11-3-1-2-4-13(11)26-16(19,20)21)6-15(18,7-10)14-12(8-22)23-25-24-14/h1-5,7H,6H2,(H,23,24,25). The van der Waals surface area contributed by atoms with Crippen LogP contribution in [0.25, 0.3) is 5.57 Å². The number of nitrogens with one attached hydrogen (secondary N) is 1. The predicted octanol–water partition coefficient (Wildman–Crippen LogP) is 4.35. The van der Waals surface area contributed by atoms with Crippen molar-refractivity contribution in [1.29, 1.82) is 5.26 Å². The van der Waals surface area contributed by atoms with Gasteiger partial charge in [0.1, 0.15) is 17.5 Å². The first-order valence-corrected chi connectivity index (χ1v) is 7.54. The molecule has 1 aromatic carbocycles. The predicted molar refractivity (Wildman–Crippen MR) is 83.5 cm³/mol. The molecule has 1 atom stereocenters. The Labute approximate surface area is 149 Å². The third-order valence-corrected chi connectivity index (χ3v) is 3.86. The van der Waals surface area contributed by atoms with Gasteiger partial charge < -0.3 is 4.74 Å². The van der Waals surface area contributed by atoms with Gasteiger partial charge in [-0.1, -0.05) is 35.0 Å². The number of para-hydroxylation sites is 1. The van der Waals surface area contributed by atoms with Crippen LogP contribution < -0.4 is 4.74 Å². The molecule has 0 radical (unpaired) electrons. The number of nitrogens with zero attached hydrogens (tertiary/aromatic N) is 3. The minimum absolute atomic E-state index is 0.0279. The van der Waals surface area contributed by atoms with Crippen LogP contribution in [0.1, 0.15) is 23.4 Å². The summed E-state index contributed by atoms with van der Waals surface area (Å²) in [5.41, 5.74) is -2.62. The van der Waals surface area contributed by atoms with E-state index in [1.807, 2.05) is 0 Å². The van der Waals surface area contributed by atoms with Crippen LogP contribution >= 0.6 is 11.6 Å². The lowest BCUT2D eigenvalue weighted by molar-refractivity contribution is -0.274. The molecule has 1 heterocycles. The molecule has 10 heteroatoms. The molecule has 1 unspecified atom stereocenters. The smallest absolute Gasteiger partial charge is 0.405 e. The summed E-state index contributed by atoms with van der Waals surface area (Å²) in [6.07, 6.45) is -2.94. The van der Waals surface area contributed by atoms with Crippen molar-refractivity contribution in [3.8, 4) is 11.8 Å². The molecule has 0 spiro atoms.